The number of pyridine rings is 1. The summed E-state index contributed by atoms with van der Waals surface area (Å²) in [6.45, 7) is 2.01. The second-order valence-electron chi connectivity index (χ2n) is 6.68. The summed E-state index contributed by atoms with van der Waals surface area (Å²) in [6, 6.07) is 9.90. The van der Waals surface area contributed by atoms with Gasteiger partial charge in [-0.15, -0.1) is 0 Å². The summed E-state index contributed by atoms with van der Waals surface area (Å²) in [7, 11) is 8.76. The molecule has 0 saturated heterocycles. The van der Waals surface area contributed by atoms with Crippen molar-refractivity contribution in [1.82, 2.24) is 14.5 Å². The summed E-state index contributed by atoms with van der Waals surface area (Å²) in [5.41, 5.74) is 6.29. The maximum absolute atomic E-state index is 6.76. The van der Waals surface area contributed by atoms with Crippen LogP contribution in [0, 0.1) is 0 Å². The van der Waals surface area contributed by atoms with Crippen molar-refractivity contribution in [3.63, 3.8) is 0 Å². The Morgan fingerprint density at radius 3 is 2.88 bits per heavy atom. The van der Waals surface area contributed by atoms with Crippen molar-refractivity contribution in [3.05, 3.63) is 82.2 Å². The Kier molecular flexibility index (Phi) is 3.80. The molecule has 3 nitrogen and oxygen atoms in total. The van der Waals surface area contributed by atoms with Gasteiger partial charge in [-0.25, -0.2) is 4.98 Å². The van der Waals surface area contributed by atoms with Crippen LogP contribution in [0.25, 0.3) is 11.6 Å². The third-order valence-electron chi connectivity index (χ3n) is 4.84. The number of hydrogen-bond donors (Lipinski definition) is 0. The number of allylic oxidation sites excluding steroid dienone is 1. The topological polar surface area (TPSA) is 30.7 Å². The summed E-state index contributed by atoms with van der Waals surface area (Å²) in [5.74, 6) is 0. The Labute approximate surface area is 153 Å². The van der Waals surface area contributed by atoms with Crippen molar-refractivity contribution in [2.24, 2.45) is 7.05 Å². The molecule has 0 bridgehead atoms. The van der Waals surface area contributed by atoms with E-state index in [1.807, 2.05) is 55.3 Å². The molecule has 1 aliphatic carbocycles. The molecule has 3 aromatic rings. The number of halogens is 1. The largest absolute Gasteiger partial charge is 0.337 e. The average molecular weight is 346 g/mol. The number of imidazole rings is 1. The number of aromatic nitrogens is 3. The van der Waals surface area contributed by atoms with Gasteiger partial charge in [-0.1, -0.05) is 30.7 Å². The lowest BCUT2D eigenvalue weighted by Crippen LogP contribution is -2.26. The first-order valence-corrected chi connectivity index (χ1v) is 8.55. The minimum atomic E-state index is -0.693. The molecule has 2 heterocycles. The van der Waals surface area contributed by atoms with Crippen LogP contribution in [0.2, 0.25) is 5.02 Å². The van der Waals surface area contributed by atoms with E-state index in [0.717, 1.165) is 40.1 Å². The molecule has 0 saturated carbocycles. The lowest BCUT2D eigenvalue weighted by atomic mass is 9.62. The van der Waals surface area contributed by atoms with Gasteiger partial charge in [0, 0.05) is 42.3 Å². The van der Waals surface area contributed by atoms with E-state index >= 15 is 0 Å². The quantitative estimate of drug-likeness (QED) is 0.657. The van der Waals surface area contributed by atoms with Crippen molar-refractivity contribution in [2.45, 2.75) is 18.7 Å². The normalized spacial score (nSPS) is 18.9. The first kappa shape index (κ1) is 16.2. The molecule has 0 N–H and O–H groups in total. The third-order valence-corrected chi connectivity index (χ3v) is 5.07. The Balaban J connectivity index is 1.97. The average Bonchev–Trinajstić information content (AvgIpc) is 2.95. The summed E-state index contributed by atoms with van der Waals surface area (Å²) in [4.78, 5) is 8.81. The lowest BCUT2D eigenvalue weighted by Gasteiger charge is -2.28. The molecule has 25 heavy (non-hydrogen) atoms. The van der Waals surface area contributed by atoms with Crippen LogP contribution in [0.5, 0.6) is 0 Å². The molecule has 0 aliphatic heterocycles. The van der Waals surface area contributed by atoms with Gasteiger partial charge < -0.3 is 4.57 Å². The SMILES string of the molecule is [B][C@]1(C)c2ccc(Cl)cc2C(Cc2cncn2C)=Cc2cccnc21. The Hall–Kier alpha value is -2.33. The van der Waals surface area contributed by atoms with Gasteiger partial charge in [-0.05, 0) is 51.9 Å². The van der Waals surface area contributed by atoms with Crippen molar-refractivity contribution < 1.29 is 0 Å². The molecule has 0 amide bonds. The number of rotatable bonds is 2. The molecule has 1 aromatic carbocycles. The van der Waals surface area contributed by atoms with Crippen molar-refractivity contribution in [3.8, 4) is 0 Å². The molecular weight excluding hydrogens is 329 g/mol. The number of nitrogens with zero attached hydrogens (tertiary/aromatic N) is 3. The van der Waals surface area contributed by atoms with Crippen LogP contribution >= 0.6 is 11.6 Å². The summed E-state index contributed by atoms with van der Waals surface area (Å²) in [6.07, 6.45) is 8.41. The zero-order valence-corrected chi connectivity index (χ0v) is 15.0. The minimum Gasteiger partial charge on any atom is -0.337 e. The fourth-order valence-corrected chi connectivity index (χ4v) is 3.66. The molecule has 122 valence electrons. The molecule has 1 aliphatic rings. The van der Waals surface area contributed by atoms with Gasteiger partial charge >= 0.3 is 0 Å². The second-order valence-corrected chi connectivity index (χ2v) is 7.11. The smallest absolute Gasteiger partial charge is 0.0945 e. The number of fused-ring (bicyclic) bond motifs is 2. The molecule has 0 unspecified atom stereocenters. The van der Waals surface area contributed by atoms with Crippen molar-refractivity contribution in [2.75, 3.05) is 0 Å². The molecule has 1 atom stereocenters. The van der Waals surface area contributed by atoms with E-state index in [-0.39, 0.29) is 0 Å². The highest BCUT2D eigenvalue weighted by molar-refractivity contribution is 6.31. The predicted octanol–water partition coefficient (Wildman–Crippen LogP) is 4.00. The third kappa shape index (κ3) is 2.71. The van der Waals surface area contributed by atoms with Gasteiger partial charge in [0.2, 0.25) is 0 Å². The Bertz CT molecular complexity index is 988. The van der Waals surface area contributed by atoms with E-state index in [9.17, 15) is 0 Å². The van der Waals surface area contributed by atoms with E-state index in [4.69, 9.17) is 19.4 Å². The number of hydrogen-bond acceptors (Lipinski definition) is 2. The van der Waals surface area contributed by atoms with Gasteiger partial charge in [0.05, 0.1) is 14.2 Å². The van der Waals surface area contributed by atoms with E-state index in [1.54, 1.807) is 6.20 Å². The van der Waals surface area contributed by atoms with Gasteiger partial charge in [0.15, 0.2) is 0 Å². The van der Waals surface area contributed by atoms with Gasteiger partial charge in [-0.2, -0.15) is 0 Å². The van der Waals surface area contributed by atoms with Gasteiger partial charge in [-0.3, -0.25) is 4.98 Å². The Morgan fingerprint density at radius 2 is 2.12 bits per heavy atom. The van der Waals surface area contributed by atoms with E-state index in [2.05, 4.69) is 22.1 Å². The van der Waals surface area contributed by atoms with Crippen LogP contribution in [0.3, 0.4) is 0 Å². The molecule has 0 fully saturated rings. The number of benzene rings is 1. The van der Waals surface area contributed by atoms with E-state index in [1.165, 1.54) is 0 Å². The number of aryl methyl sites for hydroxylation is 1. The molecule has 2 aromatic heterocycles. The molecule has 2 radical (unpaired) electrons. The standard InChI is InChI=1S/C20H17BClN3/c1-20(21)18-6-5-15(22)10-17(18)14(9-16-11-23-12-25(16)2)8-13-4-3-7-24-19(13)20/h3-8,10-12H,9H2,1-2H3/t20-/m1/s1. The molecular formula is C20H17BClN3. The Morgan fingerprint density at radius 1 is 1.28 bits per heavy atom. The molecule has 5 heteroatoms. The van der Waals surface area contributed by atoms with Crippen molar-refractivity contribution >= 4 is 31.1 Å². The fourth-order valence-electron chi connectivity index (χ4n) is 3.49. The highest BCUT2D eigenvalue weighted by Crippen LogP contribution is 2.41. The minimum absolute atomic E-state index is 0.693. The van der Waals surface area contributed by atoms with Crippen LogP contribution in [0.1, 0.15) is 35.0 Å². The summed E-state index contributed by atoms with van der Waals surface area (Å²) >= 11 is 6.31. The monoisotopic (exact) mass is 345 g/mol. The predicted molar refractivity (Wildman–Crippen MR) is 103 cm³/mol. The summed E-state index contributed by atoms with van der Waals surface area (Å²) in [5, 5.41) is 0.00526. The van der Waals surface area contributed by atoms with Crippen LogP contribution < -0.4 is 0 Å². The highest BCUT2D eigenvalue weighted by Gasteiger charge is 2.32. The maximum atomic E-state index is 6.76. The lowest BCUT2D eigenvalue weighted by molar-refractivity contribution is 0.777. The molecule has 4 rings (SSSR count). The van der Waals surface area contributed by atoms with E-state index in [0.29, 0.717) is 5.02 Å². The van der Waals surface area contributed by atoms with Gasteiger partial charge in [0.25, 0.3) is 0 Å². The first-order chi connectivity index (χ1) is 12.0. The van der Waals surface area contributed by atoms with Crippen LogP contribution in [0.15, 0.2) is 49.1 Å². The van der Waals surface area contributed by atoms with Crippen LogP contribution in [0.4, 0.5) is 0 Å². The van der Waals surface area contributed by atoms with E-state index < -0.39 is 5.31 Å². The zero-order chi connectivity index (χ0) is 17.6. The van der Waals surface area contributed by atoms with Crippen LogP contribution in [-0.2, 0) is 18.8 Å². The molecule has 0 spiro atoms. The zero-order valence-electron chi connectivity index (χ0n) is 14.2. The first-order valence-electron chi connectivity index (χ1n) is 8.17. The fraction of sp³-hybridized carbons (Fsp3) is 0.200. The van der Waals surface area contributed by atoms with Gasteiger partial charge in [0.1, 0.15) is 0 Å². The van der Waals surface area contributed by atoms with Crippen molar-refractivity contribution in [1.29, 1.82) is 0 Å². The van der Waals surface area contributed by atoms with Crippen LogP contribution in [-0.4, -0.2) is 22.4 Å². The maximum Gasteiger partial charge on any atom is 0.0945 e. The highest BCUT2D eigenvalue weighted by atomic mass is 35.5. The second kappa shape index (κ2) is 5.89. The summed E-state index contributed by atoms with van der Waals surface area (Å²) < 4.78 is 2.03.